The molecule has 0 aliphatic carbocycles. The molecule has 0 saturated carbocycles. The van der Waals surface area contributed by atoms with Gasteiger partial charge in [0, 0.05) is 28.0 Å². The van der Waals surface area contributed by atoms with Gasteiger partial charge in [-0.15, -0.1) is 0 Å². The molecule has 118 valence electrons. The first-order valence-electron chi connectivity index (χ1n) is 7.64. The summed E-state index contributed by atoms with van der Waals surface area (Å²) < 4.78 is 1.82. The van der Waals surface area contributed by atoms with Gasteiger partial charge < -0.3 is 5.32 Å². The van der Waals surface area contributed by atoms with Gasteiger partial charge in [-0.3, -0.25) is 0 Å². The minimum Gasteiger partial charge on any atom is -0.340 e. The van der Waals surface area contributed by atoms with Crippen molar-refractivity contribution in [3.8, 4) is 11.1 Å². The number of hydrogen-bond acceptors (Lipinski definition) is 3. The number of halogens is 1. The zero-order chi connectivity index (χ0) is 16.5. The average molecular weight is 335 g/mol. The van der Waals surface area contributed by atoms with Crippen LogP contribution in [0.15, 0.2) is 66.9 Å². The van der Waals surface area contributed by atoms with Crippen molar-refractivity contribution in [1.82, 2.24) is 14.6 Å². The van der Waals surface area contributed by atoms with Gasteiger partial charge in [0.15, 0.2) is 5.65 Å². The van der Waals surface area contributed by atoms with Crippen molar-refractivity contribution in [3.63, 3.8) is 0 Å². The highest BCUT2D eigenvalue weighted by molar-refractivity contribution is 6.30. The van der Waals surface area contributed by atoms with E-state index in [0.29, 0.717) is 5.02 Å². The van der Waals surface area contributed by atoms with Crippen molar-refractivity contribution in [2.75, 3.05) is 5.32 Å². The molecule has 24 heavy (non-hydrogen) atoms. The van der Waals surface area contributed by atoms with Crippen LogP contribution in [0, 0.1) is 6.92 Å². The Bertz CT molecular complexity index is 1010. The number of fused-ring (bicyclic) bond motifs is 1. The van der Waals surface area contributed by atoms with Crippen molar-refractivity contribution in [3.05, 3.63) is 77.6 Å². The molecule has 4 rings (SSSR count). The van der Waals surface area contributed by atoms with E-state index in [1.807, 2.05) is 66.2 Å². The molecule has 2 aromatic carbocycles. The lowest BCUT2D eigenvalue weighted by Gasteiger charge is -2.10. The zero-order valence-corrected chi connectivity index (χ0v) is 13.8. The lowest BCUT2D eigenvalue weighted by Crippen LogP contribution is -2.02. The molecule has 0 saturated heterocycles. The second-order valence-corrected chi connectivity index (χ2v) is 6.01. The van der Waals surface area contributed by atoms with Crippen LogP contribution in [0.3, 0.4) is 0 Å². The van der Waals surface area contributed by atoms with Crippen molar-refractivity contribution < 1.29 is 0 Å². The number of nitrogens with one attached hydrogen (secondary N) is 1. The number of anilines is 2. The molecular weight excluding hydrogens is 320 g/mol. The molecule has 5 heteroatoms. The highest BCUT2D eigenvalue weighted by Crippen LogP contribution is 2.27. The Hall–Kier alpha value is -2.85. The summed E-state index contributed by atoms with van der Waals surface area (Å²) in [4.78, 5) is 4.67. The molecule has 2 heterocycles. The number of benzene rings is 2. The van der Waals surface area contributed by atoms with Gasteiger partial charge in [-0.05, 0) is 30.7 Å². The number of hydrogen-bond donors (Lipinski definition) is 1. The minimum absolute atomic E-state index is 0.687. The minimum atomic E-state index is 0.687. The fourth-order valence-corrected chi connectivity index (χ4v) is 2.90. The predicted molar refractivity (Wildman–Crippen MR) is 97.9 cm³/mol. The molecule has 0 amide bonds. The summed E-state index contributed by atoms with van der Waals surface area (Å²) in [6, 6.07) is 19.7. The third-order valence-corrected chi connectivity index (χ3v) is 4.02. The molecule has 0 radical (unpaired) electrons. The van der Waals surface area contributed by atoms with Gasteiger partial charge in [0.05, 0.1) is 6.20 Å². The van der Waals surface area contributed by atoms with Crippen LogP contribution in [0.2, 0.25) is 5.02 Å². The highest BCUT2D eigenvalue weighted by Gasteiger charge is 2.12. The fourth-order valence-electron chi connectivity index (χ4n) is 2.71. The second-order valence-electron chi connectivity index (χ2n) is 5.58. The largest absolute Gasteiger partial charge is 0.340 e. The van der Waals surface area contributed by atoms with Crippen molar-refractivity contribution in [2.45, 2.75) is 6.92 Å². The number of nitrogens with zero attached hydrogens (tertiary/aromatic N) is 3. The number of rotatable bonds is 3. The standard InChI is InChI=1S/C19H15ClN4/c1-13-10-18(23-16-9-5-8-15(20)11-16)24-19(22-13)17(12-21-24)14-6-3-2-4-7-14/h2-12,23H,1H3. The molecule has 0 unspecified atom stereocenters. The topological polar surface area (TPSA) is 42.2 Å². The maximum Gasteiger partial charge on any atom is 0.165 e. The van der Waals surface area contributed by atoms with Crippen LogP contribution >= 0.6 is 11.6 Å². The lowest BCUT2D eigenvalue weighted by atomic mass is 10.1. The Morgan fingerprint density at radius 1 is 1.00 bits per heavy atom. The molecule has 0 atom stereocenters. The molecule has 0 spiro atoms. The smallest absolute Gasteiger partial charge is 0.165 e. The number of aryl methyl sites for hydroxylation is 1. The van der Waals surface area contributed by atoms with E-state index in [2.05, 4.69) is 27.5 Å². The maximum absolute atomic E-state index is 6.07. The number of aromatic nitrogens is 3. The lowest BCUT2D eigenvalue weighted by molar-refractivity contribution is 0.938. The van der Waals surface area contributed by atoms with Crippen molar-refractivity contribution in [2.24, 2.45) is 0 Å². The van der Waals surface area contributed by atoms with E-state index in [1.165, 1.54) is 0 Å². The zero-order valence-electron chi connectivity index (χ0n) is 13.1. The van der Waals surface area contributed by atoms with E-state index in [1.54, 1.807) is 0 Å². The van der Waals surface area contributed by atoms with E-state index in [-0.39, 0.29) is 0 Å². The Balaban J connectivity index is 1.84. The molecule has 0 bridgehead atoms. The summed E-state index contributed by atoms with van der Waals surface area (Å²) in [5, 5.41) is 8.57. The van der Waals surface area contributed by atoms with E-state index in [0.717, 1.165) is 34.0 Å². The Kier molecular flexibility index (Phi) is 3.67. The van der Waals surface area contributed by atoms with Crippen LogP contribution in [-0.2, 0) is 0 Å². The first-order valence-corrected chi connectivity index (χ1v) is 8.02. The Morgan fingerprint density at radius 3 is 2.62 bits per heavy atom. The van der Waals surface area contributed by atoms with Crippen LogP contribution in [0.4, 0.5) is 11.5 Å². The summed E-state index contributed by atoms with van der Waals surface area (Å²) in [6.45, 7) is 1.98. The fraction of sp³-hybridized carbons (Fsp3) is 0.0526. The summed E-state index contributed by atoms with van der Waals surface area (Å²) in [6.07, 6.45) is 1.85. The second kappa shape index (κ2) is 5.98. The quantitative estimate of drug-likeness (QED) is 0.566. The van der Waals surface area contributed by atoms with Gasteiger partial charge in [0.2, 0.25) is 0 Å². The van der Waals surface area contributed by atoms with Crippen molar-refractivity contribution >= 4 is 28.8 Å². The monoisotopic (exact) mass is 334 g/mol. The summed E-state index contributed by atoms with van der Waals surface area (Å²) in [7, 11) is 0. The molecule has 1 N–H and O–H groups in total. The molecule has 0 aliphatic rings. The van der Waals surface area contributed by atoms with Crippen molar-refractivity contribution in [1.29, 1.82) is 0 Å². The molecule has 0 fully saturated rings. The van der Waals surface area contributed by atoms with Gasteiger partial charge in [-0.2, -0.15) is 9.61 Å². The highest BCUT2D eigenvalue weighted by atomic mass is 35.5. The maximum atomic E-state index is 6.07. The normalized spacial score (nSPS) is 10.9. The van der Waals surface area contributed by atoms with Gasteiger partial charge in [-0.25, -0.2) is 4.98 Å². The molecular formula is C19H15ClN4. The third-order valence-electron chi connectivity index (χ3n) is 3.78. The average Bonchev–Trinajstić information content (AvgIpc) is 2.99. The Morgan fingerprint density at radius 2 is 1.83 bits per heavy atom. The van der Waals surface area contributed by atoms with Crippen LogP contribution in [0.5, 0.6) is 0 Å². The Labute approximate surface area is 144 Å². The first-order chi connectivity index (χ1) is 11.7. The third kappa shape index (κ3) is 2.72. The van der Waals surface area contributed by atoms with Gasteiger partial charge in [0.1, 0.15) is 5.82 Å². The summed E-state index contributed by atoms with van der Waals surface area (Å²) >= 11 is 6.07. The van der Waals surface area contributed by atoms with E-state index in [4.69, 9.17) is 11.6 Å². The van der Waals surface area contributed by atoms with E-state index >= 15 is 0 Å². The molecule has 0 aliphatic heterocycles. The van der Waals surface area contributed by atoms with E-state index < -0.39 is 0 Å². The van der Waals surface area contributed by atoms with Gasteiger partial charge in [0.25, 0.3) is 0 Å². The van der Waals surface area contributed by atoms with Gasteiger partial charge >= 0.3 is 0 Å². The SMILES string of the molecule is Cc1cc(Nc2cccc(Cl)c2)n2ncc(-c3ccccc3)c2n1. The van der Waals surface area contributed by atoms with Crippen LogP contribution in [0.25, 0.3) is 16.8 Å². The molecule has 4 aromatic rings. The summed E-state index contributed by atoms with van der Waals surface area (Å²) in [5.41, 5.74) is 4.76. The van der Waals surface area contributed by atoms with Crippen LogP contribution in [0.1, 0.15) is 5.69 Å². The first kappa shape index (κ1) is 14.7. The molecule has 4 nitrogen and oxygen atoms in total. The van der Waals surface area contributed by atoms with Gasteiger partial charge in [-0.1, -0.05) is 48.0 Å². The van der Waals surface area contributed by atoms with Crippen LogP contribution < -0.4 is 5.32 Å². The molecule has 2 aromatic heterocycles. The summed E-state index contributed by atoms with van der Waals surface area (Å²) in [5.74, 6) is 0.849. The van der Waals surface area contributed by atoms with E-state index in [9.17, 15) is 0 Å². The van der Waals surface area contributed by atoms with Crippen LogP contribution in [-0.4, -0.2) is 14.6 Å². The predicted octanol–water partition coefficient (Wildman–Crippen LogP) is 5.10.